The van der Waals surface area contributed by atoms with Crippen LogP contribution in [0, 0.1) is 0 Å². The van der Waals surface area contributed by atoms with Crippen molar-refractivity contribution in [3.63, 3.8) is 0 Å². The molecule has 0 heterocycles. The van der Waals surface area contributed by atoms with Crippen molar-refractivity contribution in [1.82, 2.24) is 4.90 Å². The van der Waals surface area contributed by atoms with Crippen molar-refractivity contribution in [3.05, 3.63) is 29.8 Å². The van der Waals surface area contributed by atoms with Crippen molar-refractivity contribution < 1.29 is 27.8 Å². The van der Waals surface area contributed by atoms with Gasteiger partial charge >= 0.3 is 12.6 Å². The van der Waals surface area contributed by atoms with Gasteiger partial charge in [-0.15, -0.1) is 0 Å². The quantitative estimate of drug-likeness (QED) is 0.750. The average molecular weight is 287 g/mol. The minimum atomic E-state index is -2.91. The Morgan fingerprint density at radius 3 is 2.30 bits per heavy atom. The Labute approximate surface area is 115 Å². The Morgan fingerprint density at radius 1 is 1.25 bits per heavy atom. The fourth-order valence-electron chi connectivity index (χ4n) is 1.51. The van der Waals surface area contributed by atoms with Crippen LogP contribution in [0.25, 0.3) is 0 Å². The number of carbonyl (C=O) groups is 2. The number of benzene rings is 1. The predicted molar refractivity (Wildman–Crippen MR) is 66.7 cm³/mol. The molecule has 1 amide bonds. The predicted octanol–water partition coefficient (Wildman–Crippen LogP) is 1.92. The molecule has 7 heteroatoms. The van der Waals surface area contributed by atoms with E-state index in [4.69, 9.17) is 0 Å². The Morgan fingerprint density at radius 2 is 1.85 bits per heavy atom. The number of esters is 1. The Kier molecular flexibility index (Phi) is 5.89. The van der Waals surface area contributed by atoms with Crippen LogP contribution in [0.2, 0.25) is 0 Å². The van der Waals surface area contributed by atoms with Crippen LogP contribution in [0.4, 0.5) is 8.78 Å². The van der Waals surface area contributed by atoms with Crippen molar-refractivity contribution in [1.29, 1.82) is 0 Å². The van der Waals surface area contributed by atoms with Crippen molar-refractivity contribution in [3.8, 4) is 5.75 Å². The topological polar surface area (TPSA) is 55.8 Å². The Hall–Kier alpha value is -2.18. The molecule has 0 aliphatic heterocycles. The van der Waals surface area contributed by atoms with Crippen LogP contribution in [0.15, 0.2) is 24.3 Å². The molecule has 0 aliphatic rings. The summed E-state index contributed by atoms with van der Waals surface area (Å²) >= 11 is 0. The summed E-state index contributed by atoms with van der Waals surface area (Å²) < 4.78 is 32.7. The summed E-state index contributed by atoms with van der Waals surface area (Å²) in [6.45, 7) is -1.04. The smallest absolute Gasteiger partial charge is 0.387 e. The molecule has 0 saturated carbocycles. The third kappa shape index (κ3) is 4.49. The van der Waals surface area contributed by atoms with E-state index in [-0.39, 0.29) is 23.8 Å². The second kappa shape index (κ2) is 7.42. The average Bonchev–Trinajstić information content (AvgIpc) is 2.44. The molecule has 0 spiro atoms. The number of hydrogen-bond acceptors (Lipinski definition) is 4. The van der Waals surface area contributed by atoms with Gasteiger partial charge in [-0.3, -0.25) is 9.59 Å². The first-order valence-corrected chi connectivity index (χ1v) is 5.88. The third-order valence-corrected chi connectivity index (χ3v) is 2.54. The van der Waals surface area contributed by atoms with Gasteiger partial charge in [-0.05, 0) is 31.2 Å². The molecule has 0 unspecified atom stereocenters. The SMILES string of the molecule is CCN(CC(=O)OC)C(=O)c1ccc(OC(F)F)cc1. The third-order valence-electron chi connectivity index (χ3n) is 2.54. The highest BCUT2D eigenvalue weighted by Gasteiger charge is 2.17. The lowest BCUT2D eigenvalue weighted by molar-refractivity contribution is -0.141. The van der Waals surface area contributed by atoms with Gasteiger partial charge in [0.2, 0.25) is 0 Å². The van der Waals surface area contributed by atoms with E-state index < -0.39 is 12.6 Å². The van der Waals surface area contributed by atoms with E-state index in [1.165, 1.54) is 36.3 Å². The van der Waals surface area contributed by atoms with Crippen LogP contribution < -0.4 is 4.74 Å². The number of ether oxygens (including phenoxy) is 2. The Balaban J connectivity index is 2.77. The number of hydrogen-bond donors (Lipinski definition) is 0. The highest BCUT2D eigenvalue weighted by molar-refractivity contribution is 5.96. The first kappa shape index (κ1) is 15.9. The van der Waals surface area contributed by atoms with Gasteiger partial charge in [0.05, 0.1) is 7.11 Å². The molecule has 0 aliphatic carbocycles. The van der Waals surface area contributed by atoms with E-state index in [0.717, 1.165) is 0 Å². The number of likely N-dealkylation sites (N-methyl/N-ethyl adjacent to an activating group) is 1. The Bertz CT molecular complexity index is 462. The molecule has 0 radical (unpaired) electrons. The van der Waals surface area contributed by atoms with E-state index in [1.54, 1.807) is 6.92 Å². The molecular formula is C13H15F2NO4. The van der Waals surface area contributed by atoms with Gasteiger partial charge in [-0.2, -0.15) is 8.78 Å². The monoisotopic (exact) mass is 287 g/mol. The fourth-order valence-corrected chi connectivity index (χ4v) is 1.51. The normalized spacial score (nSPS) is 10.2. The van der Waals surface area contributed by atoms with E-state index in [0.29, 0.717) is 6.54 Å². The summed E-state index contributed by atoms with van der Waals surface area (Å²) in [4.78, 5) is 24.5. The highest BCUT2D eigenvalue weighted by Crippen LogP contribution is 2.16. The van der Waals surface area contributed by atoms with Crippen LogP contribution >= 0.6 is 0 Å². The van der Waals surface area contributed by atoms with E-state index in [1.807, 2.05) is 0 Å². The summed E-state index contributed by atoms with van der Waals surface area (Å²) in [5.41, 5.74) is 0.275. The van der Waals surface area contributed by atoms with Gasteiger partial charge in [0.1, 0.15) is 12.3 Å². The number of alkyl halides is 2. The van der Waals surface area contributed by atoms with Crippen molar-refractivity contribution in [2.75, 3.05) is 20.2 Å². The summed E-state index contributed by atoms with van der Waals surface area (Å²) in [5.74, 6) is -0.952. The van der Waals surface area contributed by atoms with Crippen molar-refractivity contribution in [2.24, 2.45) is 0 Å². The summed E-state index contributed by atoms with van der Waals surface area (Å²) in [7, 11) is 1.23. The van der Waals surface area contributed by atoms with Crippen LogP contribution in [-0.4, -0.2) is 43.6 Å². The number of carbonyl (C=O) groups excluding carboxylic acids is 2. The van der Waals surface area contributed by atoms with Crippen molar-refractivity contribution in [2.45, 2.75) is 13.5 Å². The number of methoxy groups -OCH3 is 1. The maximum atomic E-state index is 12.1. The number of amides is 1. The van der Waals surface area contributed by atoms with Crippen LogP contribution in [0.5, 0.6) is 5.75 Å². The van der Waals surface area contributed by atoms with Crippen LogP contribution in [0.1, 0.15) is 17.3 Å². The van der Waals surface area contributed by atoms with E-state index in [2.05, 4.69) is 9.47 Å². The second-order valence-electron chi connectivity index (χ2n) is 3.80. The van der Waals surface area contributed by atoms with Crippen LogP contribution in [0.3, 0.4) is 0 Å². The van der Waals surface area contributed by atoms with Gasteiger partial charge in [-0.1, -0.05) is 0 Å². The minimum Gasteiger partial charge on any atom is -0.468 e. The maximum Gasteiger partial charge on any atom is 0.387 e. The lowest BCUT2D eigenvalue weighted by atomic mass is 10.2. The lowest BCUT2D eigenvalue weighted by Crippen LogP contribution is -2.36. The fraction of sp³-hybridized carbons (Fsp3) is 0.385. The maximum absolute atomic E-state index is 12.1. The molecule has 0 atom stereocenters. The molecule has 0 N–H and O–H groups in total. The van der Waals surface area contributed by atoms with Crippen LogP contribution in [-0.2, 0) is 9.53 Å². The van der Waals surface area contributed by atoms with Gasteiger partial charge in [-0.25, -0.2) is 0 Å². The zero-order valence-corrected chi connectivity index (χ0v) is 11.1. The molecule has 0 aromatic heterocycles. The lowest BCUT2D eigenvalue weighted by Gasteiger charge is -2.19. The molecule has 5 nitrogen and oxygen atoms in total. The second-order valence-corrected chi connectivity index (χ2v) is 3.80. The first-order valence-electron chi connectivity index (χ1n) is 5.88. The summed E-state index contributed by atoms with van der Waals surface area (Å²) in [6, 6.07) is 5.26. The van der Waals surface area contributed by atoms with Gasteiger partial charge in [0.25, 0.3) is 5.91 Å². The zero-order valence-electron chi connectivity index (χ0n) is 11.1. The number of halogens is 2. The molecule has 1 aromatic rings. The first-order chi connectivity index (χ1) is 9.47. The summed E-state index contributed by atoms with van der Waals surface area (Å²) in [5, 5.41) is 0. The van der Waals surface area contributed by atoms with Gasteiger partial charge in [0, 0.05) is 12.1 Å². The van der Waals surface area contributed by atoms with Gasteiger partial charge < -0.3 is 14.4 Å². The van der Waals surface area contributed by atoms with E-state index >= 15 is 0 Å². The molecule has 20 heavy (non-hydrogen) atoms. The molecule has 0 bridgehead atoms. The molecule has 0 saturated heterocycles. The summed E-state index contributed by atoms with van der Waals surface area (Å²) in [6.07, 6.45) is 0. The molecule has 0 fully saturated rings. The molecule has 110 valence electrons. The largest absolute Gasteiger partial charge is 0.468 e. The molecule has 1 rings (SSSR count). The van der Waals surface area contributed by atoms with Crippen molar-refractivity contribution >= 4 is 11.9 Å². The van der Waals surface area contributed by atoms with E-state index in [9.17, 15) is 18.4 Å². The zero-order chi connectivity index (χ0) is 15.1. The number of nitrogens with zero attached hydrogens (tertiary/aromatic N) is 1. The highest BCUT2D eigenvalue weighted by atomic mass is 19.3. The van der Waals surface area contributed by atoms with Gasteiger partial charge in [0.15, 0.2) is 0 Å². The standard InChI is InChI=1S/C13H15F2NO4/c1-3-16(8-11(17)19-2)12(18)9-4-6-10(7-5-9)20-13(14)15/h4-7,13H,3,8H2,1-2H3. The number of rotatable bonds is 6. The minimum absolute atomic E-state index is 0.0347. The molecule has 1 aromatic carbocycles. The molecular weight excluding hydrogens is 272 g/mol.